The quantitative estimate of drug-likeness (QED) is 0.766. The van der Waals surface area contributed by atoms with Gasteiger partial charge in [-0.05, 0) is 44.4 Å². The van der Waals surface area contributed by atoms with Crippen LogP contribution in [0.15, 0.2) is 41.0 Å². The number of carbonyl (C=O) groups excluding carboxylic acids is 2. The number of nitrogens with one attached hydrogen (secondary N) is 1. The number of anilines is 1. The molecule has 0 saturated carbocycles. The van der Waals surface area contributed by atoms with Crippen molar-refractivity contribution in [3.8, 4) is 5.75 Å². The van der Waals surface area contributed by atoms with Crippen molar-refractivity contribution in [2.45, 2.75) is 12.5 Å². The number of furan rings is 1. The van der Waals surface area contributed by atoms with E-state index in [0.717, 1.165) is 5.76 Å². The Kier molecular flexibility index (Phi) is 6.26. The Morgan fingerprint density at radius 3 is 2.86 bits per heavy atom. The summed E-state index contributed by atoms with van der Waals surface area (Å²) in [6.45, 7) is 0.680. The van der Waals surface area contributed by atoms with Gasteiger partial charge in [0.25, 0.3) is 0 Å². The lowest BCUT2D eigenvalue weighted by Crippen LogP contribution is -2.38. The minimum absolute atomic E-state index is 0.0832. The fraction of sp³-hybridized carbons (Fsp3) is 0.400. The summed E-state index contributed by atoms with van der Waals surface area (Å²) >= 11 is 6.08. The van der Waals surface area contributed by atoms with Gasteiger partial charge in [0.1, 0.15) is 11.5 Å². The van der Waals surface area contributed by atoms with E-state index in [2.05, 4.69) is 5.32 Å². The summed E-state index contributed by atoms with van der Waals surface area (Å²) in [5.41, 5.74) is 0.581. The van der Waals surface area contributed by atoms with Gasteiger partial charge in [-0.1, -0.05) is 11.6 Å². The topological polar surface area (TPSA) is 75.0 Å². The summed E-state index contributed by atoms with van der Waals surface area (Å²) in [4.78, 5) is 28.8. The highest BCUT2D eigenvalue weighted by molar-refractivity contribution is 6.31. The van der Waals surface area contributed by atoms with Crippen LogP contribution in [-0.2, 0) is 9.59 Å². The van der Waals surface area contributed by atoms with Crippen LogP contribution >= 0.6 is 11.6 Å². The van der Waals surface area contributed by atoms with E-state index in [1.54, 1.807) is 29.4 Å². The van der Waals surface area contributed by atoms with Crippen LogP contribution < -0.4 is 15.0 Å². The van der Waals surface area contributed by atoms with E-state index in [0.29, 0.717) is 23.0 Å². The molecule has 3 rings (SSSR count). The van der Waals surface area contributed by atoms with Gasteiger partial charge in [0.2, 0.25) is 11.8 Å². The first-order valence-corrected chi connectivity index (χ1v) is 9.40. The zero-order valence-corrected chi connectivity index (χ0v) is 16.9. The maximum absolute atomic E-state index is 12.7. The number of methoxy groups -OCH3 is 1. The number of likely N-dealkylation sites (N-methyl/N-ethyl adjacent to an activating group) is 1. The molecule has 28 heavy (non-hydrogen) atoms. The van der Waals surface area contributed by atoms with Gasteiger partial charge in [-0.25, -0.2) is 0 Å². The minimum Gasteiger partial charge on any atom is -0.495 e. The Morgan fingerprint density at radius 2 is 2.21 bits per heavy atom. The number of hydrogen-bond acceptors (Lipinski definition) is 5. The highest BCUT2D eigenvalue weighted by Gasteiger charge is 2.36. The number of nitrogens with zero attached hydrogens (tertiary/aromatic N) is 2. The third-order valence-corrected chi connectivity index (χ3v) is 5.13. The Morgan fingerprint density at radius 1 is 1.43 bits per heavy atom. The van der Waals surface area contributed by atoms with Crippen molar-refractivity contribution >= 4 is 29.1 Å². The van der Waals surface area contributed by atoms with Gasteiger partial charge in [0, 0.05) is 24.5 Å². The molecule has 1 aliphatic rings. The van der Waals surface area contributed by atoms with Gasteiger partial charge >= 0.3 is 0 Å². The molecule has 2 heterocycles. The molecule has 1 N–H and O–H groups in total. The number of carbonyl (C=O) groups is 2. The molecule has 0 bridgehead atoms. The zero-order valence-electron chi connectivity index (χ0n) is 16.1. The third-order valence-electron chi connectivity index (χ3n) is 4.89. The zero-order chi connectivity index (χ0) is 20.3. The van der Waals surface area contributed by atoms with Gasteiger partial charge in [-0.2, -0.15) is 0 Å². The predicted molar refractivity (Wildman–Crippen MR) is 107 cm³/mol. The normalized spacial score (nSPS) is 17.8. The van der Waals surface area contributed by atoms with Crippen molar-refractivity contribution in [1.82, 2.24) is 10.2 Å². The molecule has 2 atom stereocenters. The lowest BCUT2D eigenvalue weighted by Gasteiger charge is -2.23. The van der Waals surface area contributed by atoms with E-state index in [4.69, 9.17) is 20.8 Å². The van der Waals surface area contributed by atoms with E-state index in [1.165, 1.54) is 7.11 Å². The van der Waals surface area contributed by atoms with Gasteiger partial charge in [0.05, 0.1) is 31.0 Å². The van der Waals surface area contributed by atoms with Gasteiger partial charge in [-0.3, -0.25) is 14.5 Å². The van der Waals surface area contributed by atoms with Crippen molar-refractivity contribution in [3.63, 3.8) is 0 Å². The first kappa shape index (κ1) is 20.2. The Labute approximate surface area is 169 Å². The summed E-state index contributed by atoms with van der Waals surface area (Å²) in [7, 11) is 5.38. The average molecular weight is 406 g/mol. The average Bonchev–Trinajstić information content (AvgIpc) is 3.31. The fourth-order valence-corrected chi connectivity index (χ4v) is 3.52. The molecule has 150 valence electrons. The maximum Gasteiger partial charge on any atom is 0.227 e. The van der Waals surface area contributed by atoms with Gasteiger partial charge in [0.15, 0.2) is 0 Å². The number of ether oxygens (including phenoxy) is 1. The summed E-state index contributed by atoms with van der Waals surface area (Å²) < 4.78 is 10.8. The van der Waals surface area contributed by atoms with E-state index in [1.807, 2.05) is 31.1 Å². The molecular formula is C20H24ClN3O4. The first-order valence-electron chi connectivity index (χ1n) is 9.02. The Balaban J connectivity index is 1.66. The van der Waals surface area contributed by atoms with Crippen molar-refractivity contribution in [2.24, 2.45) is 5.92 Å². The molecule has 0 spiro atoms. The molecule has 8 heteroatoms. The van der Waals surface area contributed by atoms with Crippen molar-refractivity contribution in [2.75, 3.05) is 39.2 Å². The van der Waals surface area contributed by atoms with Crippen LogP contribution in [0.25, 0.3) is 0 Å². The molecule has 1 fully saturated rings. The van der Waals surface area contributed by atoms with E-state index < -0.39 is 5.92 Å². The van der Waals surface area contributed by atoms with Crippen LogP contribution in [0.5, 0.6) is 5.75 Å². The monoisotopic (exact) mass is 405 g/mol. The number of halogens is 1. The first-order chi connectivity index (χ1) is 13.4. The van der Waals surface area contributed by atoms with Crippen LogP contribution in [0.4, 0.5) is 5.69 Å². The smallest absolute Gasteiger partial charge is 0.227 e. The lowest BCUT2D eigenvalue weighted by atomic mass is 10.1. The summed E-state index contributed by atoms with van der Waals surface area (Å²) in [6, 6.07) is 8.70. The molecule has 1 aromatic heterocycles. The largest absolute Gasteiger partial charge is 0.495 e. The SMILES string of the molecule is COc1ccc(Cl)cc1N1C[C@H](C(=O)NC[C@H](c2ccco2)N(C)C)CC1=O. The van der Waals surface area contributed by atoms with Crippen molar-refractivity contribution < 1.29 is 18.7 Å². The molecule has 1 aromatic carbocycles. The second-order valence-electron chi connectivity index (χ2n) is 6.96. The fourth-order valence-electron chi connectivity index (χ4n) is 3.35. The summed E-state index contributed by atoms with van der Waals surface area (Å²) in [6.07, 6.45) is 1.76. The highest BCUT2D eigenvalue weighted by Crippen LogP contribution is 2.35. The second kappa shape index (κ2) is 8.67. The standard InChI is InChI=1S/C20H24ClN3O4/c1-23(2)16(18-5-4-8-28-18)11-22-20(26)13-9-19(25)24(12-13)15-10-14(21)6-7-17(15)27-3/h4-8,10,13,16H,9,11-12H2,1-3H3,(H,22,26)/t13-,16-/m1/s1. The number of amides is 2. The van der Waals surface area contributed by atoms with Gasteiger partial charge < -0.3 is 19.4 Å². The Bertz CT molecular complexity index is 838. The minimum atomic E-state index is -0.435. The van der Waals surface area contributed by atoms with Crippen LogP contribution in [0.2, 0.25) is 5.02 Å². The number of rotatable bonds is 7. The molecule has 0 aliphatic carbocycles. The molecule has 2 amide bonds. The molecule has 1 saturated heterocycles. The molecule has 1 aliphatic heterocycles. The third kappa shape index (κ3) is 4.31. The molecule has 7 nitrogen and oxygen atoms in total. The molecule has 2 aromatic rings. The molecule has 0 radical (unpaired) electrons. The van der Waals surface area contributed by atoms with E-state index in [-0.39, 0.29) is 30.8 Å². The maximum atomic E-state index is 12.7. The van der Waals surface area contributed by atoms with Crippen LogP contribution in [0, 0.1) is 5.92 Å². The molecular weight excluding hydrogens is 382 g/mol. The Hall–Kier alpha value is -2.51. The lowest BCUT2D eigenvalue weighted by molar-refractivity contribution is -0.126. The van der Waals surface area contributed by atoms with Crippen LogP contribution in [0.3, 0.4) is 0 Å². The van der Waals surface area contributed by atoms with Crippen LogP contribution in [-0.4, -0.2) is 51.0 Å². The second-order valence-corrected chi connectivity index (χ2v) is 7.40. The van der Waals surface area contributed by atoms with E-state index in [9.17, 15) is 9.59 Å². The van der Waals surface area contributed by atoms with Gasteiger partial charge in [-0.15, -0.1) is 0 Å². The number of benzene rings is 1. The molecule has 0 unspecified atom stereocenters. The number of hydrogen-bond donors (Lipinski definition) is 1. The highest BCUT2D eigenvalue weighted by atomic mass is 35.5. The summed E-state index contributed by atoms with van der Waals surface area (Å²) in [5.74, 6) is 0.601. The van der Waals surface area contributed by atoms with E-state index >= 15 is 0 Å². The summed E-state index contributed by atoms with van der Waals surface area (Å²) in [5, 5.41) is 3.45. The van der Waals surface area contributed by atoms with Crippen molar-refractivity contribution in [1.29, 1.82) is 0 Å². The van der Waals surface area contributed by atoms with Crippen LogP contribution in [0.1, 0.15) is 18.2 Å². The van der Waals surface area contributed by atoms with Crippen molar-refractivity contribution in [3.05, 3.63) is 47.4 Å². The predicted octanol–water partition coefficient (Wildman–Crippen LogP) is 2.71.